The maximum Gasteiger partial charge on any atom is 0.573 e. The number of hydrogen-bond donors (Lipinski definition) is 2. The molecule has 0 radical (unpaired) electrons. The van der Waals surface area contributed by atoms with Gasteiger partial charge in [0.15, 0.2) is 0 Å². The van der Waals surface area contributed by atoms with Crippen molar-refractivity contribution in [2.45, 2.75) is 6.36 Å². The van der Waals surface area contributed by atoms with Crippen molar-refractivity contribution in [1.29, 1.82) is 0 Å². The molecule has 0 fully saturated rings. The van der Waals surface area contributed by atoms with E-state index in [-0.39, 0.29) is 22.6 Å². The Labute approximate surface area is 155 Å². The summed E-state index contributed by atoms with van der Waals surface area (Å²) < 4.78 is 50.9. The summed E-state index contributed by atoms with van der Waals surface area (Å²) in [7, 11) is 1.45. The van der Waals surface area contributed by atoms with Gasteiger partial charge in [0.25, 0.3) is 11.8 Å². The Morgan fingerprint density at radius 1 is 1.07 bits per heavy atom. The van der Waals surface area contributed by atoms with Gasteiger partial charge in [-0.2, -0.15) is 0 Å². The molecule has 0 aliphatic heterocycles. The number of rotatable bonds is 5. The number of carbonyl (C=O) groups is 2. The lowest BCUT2D eigenvalue weighted by molar-refractivity contribution is -0.274. The Balaban J connectivity index is 1.90. The fourth-order valence-electron chi connectivity index (χ4n) is 2.50. The molecule has 0 unspecified atom stereocenters. The van der Waals surface area contributed by atoms with Crippen LogP contribution in [0.4, 0.5) is 18.9 Å². The normalized spacial score (nSPS) is 11.3. The average Bonchev–Trinajstić information content (AvgIpc) is 2.98. The van der Waals surface area contributed by atoms with E-state index in [4.69, 9.17) is 14.9 Å². The number of nitrogens with two attached hydrogens (primary N) is 1. The Hall–Kier alpha value is -3.69. The maximum atomic E-state index is 12.5. The van der Waals surface area contributed by atoms with E-state index in [2.05, 4.69) is 10.1 Å². The first-order valence-electron chi connectivity index (χ1n) is 7.75. The topological polar surface area (TPSA) is 104 Å². The minimum atomic E-state index is -4.84. The third kappa shape index (κ3) is 4.00. The molecule has 0 spiro atoms. The van der Waals surface area contributed by atoms with E-state index in [1.54, 1.807) is 12.1 Å². The van der Waals surface area contributed by atoms with Crippen molar-refractivity contribution in [3.8, 4) is 11.5 Å². The van der Waals surface area contributed by atoms with Crippen LogP contribution in [-0.2, 0) is 0 Å². The largest absolute Gasteiger partial charge is 0.573 e. The molecule has 0 aliphatic rings. The highest BCUT2D eigenvalue weighted by molar-refractivity contribution is 6.14. The molecule has 0 aliphatic carbocycles. The van der Waals surface area contributed by atoms with Gasteiger partial charge in [0.1, 0.15) is 22.8 Å². The number of halogens is 3. The van der Waals surface area contributed by atoms with E-state index in [1.807, 2.05) is 0 Å². The van der Waals surface area contributed by atoms with E-state index in [9.17, 15) is 22.8 Å². The van der Waals surface area contributed by atoms with Crippen LogP contribution in [0, 0.1) is 0 Å². The number of primary amides is 1. The molecule has 1 heterocycles. The van der Waals surface area contributed by atoms with Gasteiger partial charge in [-0.3, -0.25) is 9.59 Å². The van der Waals surface area contributed by atoms with Crippen LogP contribution in [0.5, 0.6) is 11.5 Å². The van der Waals surface area contributed by atoms with Crippen molar-refractivity contribution in [2.75, 3.05) is 12.4 Å². The summed E-state index contributed by atoms with van der Waals surface area (Å²) in [5.74, 6) is -1.86. The van der Waals surface area contributed by atoms with E-state index >= 15 is 0 Å². The molecule has 3 rings (SSSR count). The van der Waals surface area contributed by atoms with Crippen molar-refractivity contribution in [3.05, 3.63) is 53.8 Å². The summed E-state index contributed by atoms with van der Waals surface area (Å²) in [6, 6.07) is 8.96. The van der Waals surface area contributed by atoms with Crippen LogP contribution in [-0.4, -0.2) is 25.3 Å². The number of benzene rings is 2. The number of amides is 2. The number of methoxy groups -OCH3 is 1. The first kappa shape index (κ1) is 19.1. The first-order valence-corrected chi connectivity index (χ1v) is 7.75. The zero-order valence-electron chi connectivity index (χ0n) is 14.3. The zero-order valence-corrected chi connectivity index (χ0v) is 14.3. The zero-order chi connectivity index (χ0) is 20.5. The summed E-state index contributed by atoms with van der Waals surface area (Å²) in [5.41, 5.74) is 5.65. The molecule has 0 saturated carbocycles. The number of ether oxygens (including phenoxy) is 2. The molecule has 2 amide bonds. The van der Waals surface area contributed by atoms with E-state index in [0.29, 0.717) is 11.1 Å². The van der Waals surface area contributed by atoms with Gasteiger partial charge in [0.2, 0.25) is 5.76 Å². The third-order valence-corrected chi connectivity index (χ3v) is 3.71. The third-order valence-electron chi connectivity index (χ3n) is 3.71. The second-order valence-corrected chi connectivity index (χ2v) is 5.56. The number of alkyl halides is 3. The van der Waals surface area contributed by atoms with Crippen LogP contribution in [0.2, 0.25) is 0 Å². The summed E-state index contributed by atoms with van der Waals surface area (Å²) in [6.45, 7) is 0. The van der Waals surface area contributed by atoms with Crippen molar-refractivity contribution in [1.82, 2.24) is 0 Å². The average molecular weight is 394 g/mol. The van der Waals surface area contributed by atoms with Gasteiger partial charge in [0.05, 0.1) is 7.11 Å². The van der Waals surface area contributed by atoms with Gasteiger partial charge in [-0.15, -0.1) is 13.2 Å². The van der Waals surface area contributed by atoms with E-state index in [1.165, 1.54) is 13.2 Å². The second-order valence-electron chi connectivity index (χ2n) is 5.56. The van der Waals surface area contributed by atoms with Crippen molar-refractivity contribution in [2.24, 2.45) is 5.73 Å². The van der Waals surface area contributed by atoms with Crippen LogP contribution >= 0.6 is 0 Å². The number of furan rings is 1. The maximum absolute atomic E-state index is 12.5. The van der Waals surface area contributed by atoms with Gasteiger partial charge in [-0.25, -0.2) is 0 Å². The molecule has 0 atom stereocenters. The fourth-order valence-corrected chi connectivity index (χ4v) is 2.50. The molecule has 7 nitrogen and oxygen atoms in total. The molecule has 2 aromatic carbocycles. The number of anilines is 1. The van der Waals surface area contributed by atoms with Gasteiger partial charge in [-0.1, -0.05) is 0 Å². The summed E-state index contributed by atoms with van der Waals surface area (Å²) in [5, 5.41) is 2.90. The lowest BCUT2D eigenvalue weighted by Crippen LogP contribution is -2.18. The standard InChI is InChI=1S/C18H13F3N2O5/c1-26-11-6-7-12-13(8-11)27-15(16(22)24)14(12)23-17(25)9-2-4-10(5-3-9)28-18(19,20)21/h2-8H,1H3,(H2,22,24)(H,23,25). The van der Waals surface area contributed by atoms with Crippen LogP contribution in [0.25, 0.3) is 11.0 Å². The highest BCUT2D eigenvalue weighted by Crippen LogP contribution is 2.33. The first-order chi connectivity index (χ1) is 13.2. The monoisotopic (exact) mass is 394 g/mol. The van der Waals surface area contributed by atoms with E-state index < -0.39 is 23.9 Å². The number of fused-ring (bicyclic) bond motifs is 1. The molecule has 3 N–H and O–H groups in total. The summed E-state index contributed by atoms with van der Waals surface area (Å²) in [4.78, 5) is 24.1. The predicted octanol–water partition coefficient (Wildman–Crippen LogP) is 3.69. The van der Waals surface area contributed by atoms with Crippen molar-refractivity contribution in [3.63, 3.8) is 0 Å². The van der Waals surface area contributed by atoms with Crippen molar-refractivity contribution >= 4 is 28.5 Å². The van der Waals surface area contributed by atoms with Crippen molar-refractivity contribution < 1.29 is 36.7 Å². The number of carbonyl (C=O) groups excluding carboxylic acids is 2. The highest BCUT2D eigenvalue weighted by atomic mass is 19.4. The Morgan fingerprint density at radius 3 is 2.29 bits per heavy atom. The number of nitrogens with one attached hydrogen (secondary N) is 1. The van der Waals surface area contributed by atoms with E-state index in [0.717, 1.165) is 24.3 Å². The van der Waals surface area contributed by atoms with Crippen LogP contribution in [0.1, 0.15) is 20.9 Å². The molecule has 10 heteroatoms. The lowest BCUT2D eigenvalue weighted by atomic mass is 10.1. The van der Waals surface area contributed by atoms with Gasteiger partial charge in [0, 0.05) is 17.0 Å². The summed E-state index contributed by atoms with van der Waals surface area (Å²) >= 11 is 0. The van der Waals surface area contributed by atoms with Crippen LogP contribution in [0.3, 0.4) is 0 Å². The number of hydrogen-bond acceptors (Lipinski definition) is 5. The Kier molecular flexibility index (Phi) is 4.87. The molecule has 146 valence electrons. The van der Waals surface area contributed by atoms with Gasteiger partial charge in [-0.05, 0) is 36.4 Å². The molecular formula is C18H13F3N2O5. The SMILES string of the molecule is COc1ccc2c(NC(=O)c3ccc(OC(F)(F)F)cc3)c(C(N)=O)oc2c1. The minimum Gasteiger partial charge on any atom is -0.497 e. The fraction of sp³-hybridized carbons (Fsp3) is 0.111. The quantitative estimate of drug-likeness (QED) is 0.687. The molecule has 3 aromatic rings. The molecule has 0 bridgehead atoms. The second kappa shape index (κ2) is 7.14. The van der Waals surface area contributed by atoms with Crippen LogP contribution < -0.4 is 20.5 Å². The molecule has 0 saturated heterocycles. The van der Waals surface area contributed by atoms with Gasteiger partial charge < -0.3 is 24.9 Å². The van der Waals surface area contributed by atoms with Gasteiger partial charge >= 0.3 is 6.36 Å². The Morgan fingerprint density at radius 2 is 1.71 bits per heavy atom. The minimum absolute atomic E-state index is 0.0350. The van der Waals surface area contributed by atoms with Crippen LogP contribution in [0.15, 0.2) is 46.9 Å². The highest BCUT2D eigenvalue weighted by Gasteiger charge is 2.31. The molecule has 1 aromatic heterocycles. The molecular weight excluding hydrogens is 381 g/mol. The predicted molar refractivity (Wildman–Crippen MR) is 92.4 cm³/mol. The summed E-state index contributed by atoms with van der Waals surface area (Å²) in [6.07, 6.45) is -4.84. The molecule has 28 heavy (non-hydrogen) atoms. The Bertz CT molecular complexity index is 1040. The lowest BCUT2D eigenvalue weighted by Gasteiger charge is -2.09. The smallest absolute Gasteiger partial charge is 0.497 e.